The molecule has 2 saturated carbocycles. The van der Waals surface area contributed by atoms with Gasteiger partial charge in [-0.2, -0.15) is 0 Å². The molecule has 1 spiro atoms. The normalized spacial score (nSPS) is 24.2. The minimum absolute atomic E-state index is 0.185. The second-order valence-corrected chi connectivity index (χ2v) is 8.87. The third kappa shape index (κ3) is 2.50. The molecule has 2 aliphatic heterocycles. The average molecular weight is 349 g/mol. The van der Waals surface area contributed by atoms with Crippen molar-refractivity contribution in [2.75, 3.05) is 19.6 Å². The van der Waals surface area contributed by atoms with Crippen molar-refractivity contribution < 1.29 is 4.74 Å². The van der Waals surface area contributed by atoms with Gasteiger partial charge in [-0.3, -0.25) is 0 Å². The Morgan fingerprint density at radius 3 is 2.50 bits per heavy atom. The maximum Gasteiger partial charge on any atom is 0.153 e. The summed E-state index contributed by atoms with van der Waals surface area (Å²) in [4.78, 5) is 7.54. The van der Waals surface area contributed by atoms with Crippen LogP contribution < -0.4 is 4.74 Å². The monoisotopic (exact) mass is 349 g/mol. The molecule has 2 aliphatic carbocycles. The maximum atomic E-state index is 6.77. The van der Waals surface area contributed by atoms with Gasteiger partial charge in [0.15, 0.2) is 5.60 Å². The summed E-state index contributed by atoms with van der Waals surface area (Å²) in [6.07, 6.45) is 9.84. The zero-order chi connectivity index (χ0) is 17.1. The highest BCUT2D eigenvalue weighted by molar-refractivity contribution is 5.72. The molecule has 26 heavy (non-hydrogen) atoms. The zero-order valence-electron chi connectivity index (χ0n) is 15.4. The smallest absolute Gasteiger partial charge is 0.153 e. The largest absolute Gasteiger partial charge is 0.480 e. The summed E-state index contributed by atoms with van der Waals surface area (Å²) in [7, 11) is 0. The molecule has 1 saturated heterocycles. The lowest BCUT2D eigenvalue weighted by molar-refractivity contribution is -0.0120. The molecule has 0 N–H and O–H groups in total. The van der Waals surface area contributed by atoms with E-state index in [9.17, 15) is 0 Å². The molecule has 2 aromatic rings. The topological polar surface area (TPSA) is 30.3 Å². The molecule has 0 unspecified atom stereocenters. The first-order valence-electron chi connectivity index (χ1n) is 10.4. The summed E-state index contributed by atoms with van der Waals surface area (Å²) in [5, 5.41) is 0. The molecule has 0 bridgehead atoms. The van der Waals surface area contributed by atoms with Gasteiger partial charge in [0, 0.05) is 44.6 Å². The van der Waals surface area contributed by atoms with Crippen molar-refractivity contribution in [1.82, 2.24) is 14.5 Å². The van der Waals surface area contributed by atoms with Gasteiger partial charge in [-0.05, 0) is 49.7 Å². The van der Waals surface area contributed by atoms with Crippen LogP contribution in [0.15, 0.2) is 30.6 Å². The van der Waals surface area contributed by atoms with E-state index < -0.39 is 0 Å². The maximum absolute atomic E-state index is 6.77. The van der Waals surface area contributed by atoms with Crippen LogP contribution in [-0.2, 0) is 12.1 Å². The second kappa shape index (κ2) is 5.59. The highest BCUT2D eigenvalue weighted by Gasteiger charge is 2.47. The van der Waals surface area contributed by atoms with Crippen LogP contribution in [0.25, 0.3) is 11.3 Å². The van der Waals surface area contributed by atoms with Gasteiger partial charge in [0.05, 0.1) is 17.7 Å². The van der Waals surface area contributed by atoms with E-state index in [1.165, 1.54) is 49.2 Å². The van der Waals surface area contributed by atoms with Crippen LogP contribution in [0.4, 0.5) is 0 Å². The second-order valence-electron chi connectivity index (χ2n) is 8.87. The lowest BCUT2D eigenvalue weighted by Crippen LogP contribution is -2.48. The first-order valence-corrected chi connectivity index (χ1v) is 10.4. The van der Waals surface area contributed by atoms with Crippen molar-refractivity contribution in [1.29, 1.82) is 0 Å². The summed E-state index contributed by atoms with van der Waals surface area (Å²) < 4.78 is 9.20. The van der Waals surface area contributed by atoms with Crippen LogP contribution in [0.1, 0.15) is 44.2 Å². The van der Waals surface area contributed by atoms with Crippen LogP contribution in [-0.4, -0.2) is 34.1 Å². The first kappa shape index (κ1) is 15.3. The number of piperidine rings is 1. The molecule has 1 aromatic heterocycles. The standard InChI is InChI=1S/C22H27N3O/c1-2-4-19-18(3-1)20-21(25(15-23-20)14-17-7-8-17)22(26-19)9-11-24(12-10-22)13-16-5-6-16/h1-4,15-17H,5-14H2. The Morgan fingerprint density at radius 2 is 1.73 bits per heavy atom. The Labute approximate surface area is 155 Å². The van der Waals surface area contributed by atoms with Crippen molar-refractivity contribution in [3.8, 4) is 17.0 Å². The Balaban J connectivity index is 1.37. The number of para-hydroxylation sites is 1. The predicted octanol–water partition coefficient (Wildman–Crippen LogP) is 4.05. The molecule has 0 radical (unpaired) electrons. The molecule has 3 heterocycles. The van der Waals surface area contributed by atoms with E-state index in [2.05, 4.69) is 40.1 Å². The number of ether oxygens (including phenoxy) is 1. The van der Waals surface area contributed by atoms with Gasteiger partial charge >= 0.3 is 0 Å². The Bertz CT molecular complexity index is 826. The number of fused-ring (bicyclic) bond motifs is 4. The summed E-state index contributed by atoms with van der Waals surface area (Å²) in [5.41, 5.74) is 3.51. The fourth-order valence-electron chi connectivity index (χ4n) is 4.89. The van der Waals surface area contributed by atoms with Crippen LogP contribution in [0.2, 0.25) is 0 Å². The molecular formula is C22H27N3O. The lowest BCUT2D eigenvalue weighted by atomic mass is 9.83. The van der Waals surface area contributed by atoms with E-state index in [-0.39, 0.29) is 5.60 Å². The summed E-state index contributed by atoms with van der Waals surface area (Å²) in [6.45, 7) is 4.70. The molecule has 136 valence electrons. The van der Waals surface area contributed by atoms with Crippen LogP contribution in [0.5, 0.6) is 5.75 Å². The van der Waals surface area contributed by atoms with Crippen LogP contribution in [0.3, 0.4) is 0 Å². The molecule has 4 aliphatic rings. The van der Waals surface area contributed by atoms with E-state index in [1.807, 2.05) is 0 Å². The number of hydrogen-bond donors (Lipinski definition) is 0. The molecule has 4 heteroatoms. The number of likely N-dealkylation sites (tertiary alicyclic amines) is 1. The Kier molecular flexibility index (Phi) is 3.28. The fraction of sp³-hybridized carbons (Fsp3) is 0.591. The summed E-state index contributed by atoms with van der Waals surface area (Å²) in [5.74, 6) is 2.83. The fourth-order valence-corrected chi connectivity index (χ4v) is 4.89. The van der Waals surface area contributed by atoms with Crippen molar-refractivity contribution >= 4 is 0 Å². The van der Waals surface area contributed by atoms with Gasteiger partial charge < -0.3 is 14.2 Å². The van der Waals surface area contributed by atoms with Gasteiger partial charge in [0.1, 0.15) is 5.75 Å². The van der Waals surface area contributed by atoms with Gasteiger partial charge in [0.2, 0.25) is 0 Å². The minimum Gasteiger partial charge on any atom is -0.480 e. The van der Waals surface area contributed by atoms with Crippen molar-refractivity contribution in [3.63, 3.8) is 0 Å². The van der Waals surface area contributed by atoms with E-state index in [4.69, 9.17) is 9.72 Å². The van der Waals surface area contributed by atoms with Gasteiger partial charge in [-0.15, -0.1) is 0 Å². The highest BCUT2D eigenvalue weighted by atomic mass is 16.5. The number of benzene rings is 1. The van der Waals surface area contributed by atoms with Gasteiger partial charge in [-0.25, -0.2) is 4.98 Å². The highest BCUT2D eigenvalue weighted by Crippen LogP contribution is 2.49. The number of rotatable bonds is 4. The Morgan fingerprint density at radius 1 is 1.00 bits per heavy atom. The van der Waals surface area contributed by atoms with E-state index >= 15 is 0 Å². The molecule has 6 rings (SSSR count). The average Bonchev–Trinajstić information content (AvgIpc) is 3.58. The van der Waals surface area contributed by atoms with Crippen LogP contribution >= 0.6 is 0 Å². The molecule has 4 nitrogen and oxygen atoms in total. The van der Waals surface area contributed by atoms with Crippen molar-refractivity contribution in [2.45, 2.75) is 50.7 Å². The molecule has 0 amide bonds. The molecule has 1 aromatic carbocycles. The Hall–Kier alpha value is -1.81. The van der Waals surface area contributed by atoms with Crippen molar-refractivity contribution in [2.24, 2.45) is 11.8 Å². The van der Waals surface area contributed by atoms with E-state index in [1.54, 1.807) is 0 Å². The predicted molar refractivity (Wildman–Crippen MR) is 101 cm³/mol. The van der Waals surface area contributed by atoms with E-state index in [0.717, 1.165) is 50.1 Å². The van der Waals surface area contributed by atoms with E-state index in [0.29, 0.717) is 0 Å². The van der Waals surface area contributed by atoms with Gasteiger partial charge in [0.25, 0.3) is 0 Å². The number of imidazole rings is 1. The molecular weight excluding hydrogens is 322 g/mol. The lowest BCUT2D eigenvalue weighted by Gasteiger charge is -2.45. The van der Waals surface area contributed by atoms with Gasteiger partial charge in [-0.1, -0.05) is 12.1 Å². The summed E-state index contributed by atoms with van der Waals surface area (Å²) in [6, 6.07) is 8.47. The minimum atomic E-state index is -0.185. The number of aromatic nitrogens is 2. The van der Waals surface area contributed by atoms with Crippen molar-refractivity contribution in [3.05, 3.63) is 36.3 Å². The number of hydrogen-bond acceptors (Lipinski definition) is 3. The quantitative estimate of drug-likeness (QED) is 0.834. The molecule has 0 atom stereocenters. The first-order chi connectivity index (χ1) is 12.8. The van der Waals surface area contributed by atoms with Crippen LogP contribution in [0, 0.1) is 11.8 Å². The number of nitrogens with zero attached hydrogens (tertiary/aromatic N) is 3. The third-order valence-corrected chi connectivity index (χ3v) is 6.75. The third-order valence-electron chi connectivity index (χ3n) is 6.75. The SMILES string of the molecule is c1ccc2c(c1)OC1(CCN(CC3CC3)CC1)c1c-2ncn1CC1CC1. The summed E-state index contributed by atoms with van der Waals surface area (Å²) >= 11 is 0. The zero-order valence-corrected chi connectivity index (χ0v) is 15.4. The molecule has 3 fully saturated rings.